The highest BCUT2D eigenvalue weighted by atomic mass is 16.5. The van der Waals surface area contributed by atoms with Gasteiger partial charge in [-0.2, -0.15) is 0 Å². The maximum Gasteiger partial charge on any atom is 0.310 e. The van der Waals surface area contributed by atoms with Crippen LogP contribution < -0.4 is 4.74 Å². The van der Waals surface area contributed by atoms with Crippen LogP contribution in [0.3, 0.4) is 0 Å². The van der Waals surface area contributed by atoms with E-state index < -0.39 is 0 Å². The summed E-state index contributed by atoms with van der Waals surface area (Å²) in [5.74, 6) is 0.610. The number of rotatable bonds is 5. The third kappa shape index (κ3) is 3.93. The molecule has 0 saturated heterocycles. The SMILES string of the molecule is CCC(C)OC(=O)Cc1ccc(OC)cc1. The Labute approximate surface area is 96.4 Å². The molecule has 0 bridgehead atoms. The molecule has 0 N–H and O–H groups in total. The predicted molar refractivity (Wildman–Crippen MR) is 62.5 cm³/mol. The molecule has 0 radical (unpaired) electrons. The molecule has 0 spiro atoms. The highest BCUT2D eigenvalue weighted by molar-refractivity contribution is 5.72. The van der Waals surface area contributed by atoms with Crippen molar-refractivity contribution < 1.29 is 14.3 Å². The van der Waals surface area contributed by atoms with E-state index in [1.807, 2.05) is 38.1 Å². The van der Waals surface area contributed by atoms with Gasteiger partial charge in [0.25, 0.3) is 0 Å². The molecule has 0 saturated carbocycles. The van der Waals surface area contributed by atoms with Gasteiger partial charge in [0.05, 0.1) is 19.6 Å². The topological polar surface area (TPSA) is 35.5 Å². The van der Waals surface area contributed by atoms with Crippen molar-refractivity contribution in [2.24, 2.45) is 0 Å². The molecular formula is C13H18O3. The van der Waals surface area contributed by atoms with Gasteiger partial charge in [-0.1, -0.05) is 19.1 Å². The van der Waals surface area contributed by atoms with Crippen LogP contribution in [-0.4, -0.2) is 19.2 Å². The minimum Gasteiger partial charge on any atom is -0.497 e. The zero-order chi connectivity index (χ0) is 12.0. The van der Waals surface area contributed by atoms with Gasteiger partial charge in [0.2, 0.25) is 0 Å². The Balaban J connectivity index is 2.49. The predicted octanol–water partition coefficient (Wildman–Crippen LogP) is 2.58. The van der Waals surface area contributed by atoms with E-state index in [1.165, 1.54) is 0 Å². The van der Waals surface area contributed by atoms with Crippen LogP contribution in [0.25, 0.3) is 0 Å². The minimum absolute atomic E-state index is 0.00857. The van der Waals surface area contributed by atoms with Crippen molar-refractivity contribution in [2.45, 2.75) is 32.8 Å². The number of carbonyl (C=O) groups is 1. The molecule has 1 aromatic carbocycles. The second-order valence-corrected chi connectivity index (χ2v) is 3.73. The Morgan fingerprint density at radius 3 is 2.44 bits per heavy atom. The number of hydrogen-bond acceptors (Lipinski definition) is 3. The largest absolute Gasteiger partial charge is 0.497 e. The highest BCUT2D eigenvalue weighted by Crippen LogP contribution is 2.12. The van der Waals surface area contributed by atoms with E-state index in [0.29, 0.717) is 6.42 Å². The average molecular weight is 222 g/mol. The van der Waals surface area contributed by atoms with Crippen molar-refractivity contribution >= 4 is 5.97 Å². The van der Waals surface area contributed by atoms with Gasteiger partial charge in [-0.05, 0) is 31.0 Å². The molecule has 88 valence electrons. The maximum atomic E-state index is 11.5. The lowest BCUT2D eigenvalue weighted by Crippen LogP contribution is -2.15. The molecule has 1 unspecified atom stereocenters. The lowest BCUT2D eigenvalue weighted by molar-refractivity contribution is -0.147. The van der Waals surface area contributed by atoms with Crippen LogP contribution in [-0.2, 0) is 16.0 Å². The Kier molecular flexibility index (Phi) is 4.83. The second kappa shape index (κ2) is 6.16. The van der Waals surface area contributed by atoms with Crippen molar-refractivity contribution in [3.05, 3.63) is 29.8 Å². The number of benzene rings is 1. The summed E-state index contributed by atoms with van der Waals surface area (Å²) < 4.78 is 10.2. The summed E-state index contributed by atoms with van der Waals surface area (Å²) >= 11 is 0. The first kappa shape index (κ1) is 12.6. The van der Waals surface area contributed by atoms with E-state index in [0.717, 1.165) is 17.7 Å². The van der Waals surface area contributed by atoms with E-state index in [9.17, 15) is 4.79 Å². The van der Waals surface area contributed by atoms with Crippen molar-refractivity contribution in [2.75, 3.05) is 7.11 Å². The standard InChI is InChI=1S/C13H18O3/c1-4-10(2)16-13(14)9-11-5-7-12(15-3)8-6-11/h5-8,10H,4,9H2,1-3H3. The highest BCUT2D eigenvalue weighted by Gasteiger charge is 2.08. The van der Waals surface area contributed by atoms with Gasteiger partial charge in [0.1, 0.15) is 5.75 Å². The van der Waals surface area contributed by atoms with E-state index in [4.69, 9.17) is 9.47 Å². The van der Waals surface area contributed by atoms with Crippen LogP contribution in [0.5, 0.6) is 5.75 Å². The van der Waals surface area contributed by atoms with E-state index >= 15 is 0 Å². The number of ether oxygens (including phenoxy) is 2. The summed E-state index contributed by atoms with van der Waals surface area (Å²) in [5, 5.41) is 0. The van der Waals surface area contributed by atoms with Gasteiger partial charge in [-0.15, -0.1) is 0 Å². The Morgan fingerprint density at radius 2 is 1.94 bits per heavy atom. The summed E-state index contributed by atoms with van der Waals surface area (Å²) in [5.41, 5.74) is 0.939. The van der Waals surface area contributed by atoms with E-state index in [2.05, 4.69) is 0 Å². The third-order valence-electron chi connectivity index (χ3n) is 2.42. The van der Waals surface area contributed by atoms with Gasteiger partial charge >= 0.3 is 5.97 Å². The Bertz CT molecular complexity index is 330. The van der Waals surface area contributed by atoms with Crippen LogP contribution in [0.1, 0.15) is 25.8 Å². The molecule has 3 heteroatoms. The quantitative estimate of drug-likeness (QED) is 0.718. The zero-order valence-corrected chi connectivity index (χ0v) is 10.0. The fourth-order valence-corrected chi connectivity index (χ4v) is 1.26. The maximum absolute atomic E-state index is 11.5. The van der Waals surface area contributed by atoms with Crippen molar-refractivity contribution in [1.29, 1.82) is 0 Å². The van der Waals surface area contributed by atoms with Gasteiger partial charge in [0, 0.05) is 0 Å². The fourth-order valence-electron chi connectivity index (χ4n) is 1.26. The van der Waals surface area contributed by atoms with Crippen LogP contribution in [0.2, 0.25) is 0 Å². The zero-order valence-electron chi connectivity index (χ0n) is 10.0. The molecule has 3 nitrogen and oxygen atoms in total. The molecule has 0 aliphatic carbocycles. The van der Waals surface area contributed by atoms with Crippen molar-refractivity contribution in [3.63, 3.8) is 0 Å². The van der Waals surface area contributed by atoms with Gasteiger partial charge in [0.15, 0.2) is 0 Å². The first-order chi connectivity index (χ1) is 7.65. The van der Waals surface area contributed by atoms with Crippen LogP contribution in [0.4, 0.5) is 0 Å². The molecule has 16 heavy (non-hydrogen) atoms. The van der Waals surface area contributed by atoms with Crippen molar-refractivity contribution in [1.82, 2.24) is 0 Å². The molecule has 0 aliphatic heterocycles. The van der Waals surface area contributed by atoms with Crippen molar-refractivity contribution in [3.8, 4) is 5.75 Å². The second-order valence-electron chi connectivity index (χ2n) is 3.73. The molecule has 1 rings (SSSR count). The third-order valence-corrected chi connectivity index (χ3v) is 2.42. The summed E-state index contributed by atoms with van der Waals surface area (Å²) in [6.45, 7) is 3.89. The number of methoxy groups -OCH3 is 1. The number of hydrogen-bond donors (Lipinski definition) is 0. The van der Waals surface area contributed by atoms with E-state index in [-0.39, 0.29) is 12.1 Å². The summed E-state index contributed by atoms with van der Waals surface area (Å²) in [4.78, 5) is 11.5. The minimum atomic E-state index is -0.181. The molecule has 1 aromatic rings. The molecule has 0 aromatic heterocycles. The number of carbonyl (C=O) groups excluding carboxylic acids is 1. The molecule has 0 heterocycles. The smallest absolute Gasteiger partial charge is 0.310 e. The Hall–Kier alpha value is -1.51. The van der Waals surface area contributed by atoms with Crippen LogP contribution in [0.15, 0.2) is 24.3 Å². The van der Waals surface area contributed by atoms with Gasteiger partial charge in [-0.3, -0.25) is 4.79 Å². The first-order valence-electron chi connectivity index (χ1n) is 5.48. The first-order valence-corrected chi connectivity index (χ1v) is 5.48. The number of esters is 1. The normalized spacial score (nSPS) is 11.9. The molecular weight excluding hydrogens is 204 g/mol. The lowest BCUT2D eigenvalue weighted by Gasteiger charge is -2.10. The average Bonchev–Trinajstić information content (AvgIpc) is 2.29. The lowest BCUT2D eigenvalue weighted by atomic mass is 10.1. The van der Waals surface area contributed by atoms with Crippen LogP contribution >= 0.6 is 0 Å². The Morgan fingerprint density at radius 1 is 1.31 bits per heavy atom. The summed E-state index contributed by atoms with van der Waals surface area (Å²) in [6, 6.07) is 7.42. The molecule has 1 atom stereocenters. The fraction of sp³-hybridized carbons (Fsp3) is 0.462. The molecule has 0 amide bonds. The monoisotopic (exact) mass is 222 g/mol. The van der Waals surface area contributed by atoms with Gasteiger partial charge < -0.3 is 9.47 Å². The molecule has 0 fully saturated rings. The summed E-state index contributed by atoms with van der Waals surface area (Å²) in [6.07, 6.45) is 1.15. The molecule has 0 aliphatic rings. The van der Waals surface area contributed by atoms with Gasteiger partial charge in [-0.25, -0.2) is 0 Å². The van der Waals surface area contributed by atoms with E-state index in [1.54, 1.807) is 7.11 Å². The van der Waals surface area contributed by atoms with Crippen LogP contribution in [0, 0.1) is 0 Å². The summed E-state index contributed by atoms with van der Waals surface area (Å²) in [7, 11) is 1.62.